The Bertz CT molecular complexity index is 1040. The number of fused-ring (bicyclic) bond motifs is 1. The molecule has 0 bridgehead atoms. The molecule has 244 valence electrons. The van der Waals surface area contributed by atoms with Gasteiger partial charge in [0.1, 0.15) is 24.2 Å². The highest BCUT2D eigenvalue weighted by molar-refractivity contribution is 5.96. The van der Waals surface area contributed by atoms with Crippen LogP contribution in [0.5, 0.6) is 0 Å². The zero-order valence-corrected chi connectivity index (χ0v) is 27.5. The van der Waals surface area contributed by atoms with Gasteiger partial charge in [0.05, 0.1) is 6.42 Å². The largest absolute Gasteiger partial charge is 0.452 e. The fourth-order valence-electron chi connectivity index (χ4n) is 5.60. The van der Waals surface area contributed by atoms with E-state index in [0.717, 1.165) is 0 Å². The average Bonchev–Trinajstić information content (AvgIpc) is 3.49. The van der Waals surface area contributed by atoms with Gasteiger partial charge in [-0.3, -0.25) is 28.8 Å². The third kappa shape index (κ3) is 8.47. The highest BCUT2D eigenvalue weighted by Gasteiger charge is 2.43. The molecule has 2 fully saturated rings. The Labute approximate surface area is 256 Å². The van der Waals surface area contributed by atoms with Crippen LogP contribution in [-0.2, 0) is 33.5 Å². The maximum absolute atomic E-state index is 14.1. The molecule has 5 amide bonds. The first kappa shape index (κ1) is 36.0. The summed E-state index contributed by atoms with van der Waals surface area (Å²) in [5.41, 5.74) is 0. The number of nitrogens with one attached hydrogen (secondary N) is 2. The van der Waals surface area contributed by atoms with Crippen LogP contribution in [0, 0.1) is 17.8 Å². The van der Waals surface area contributed by atoms with Gasteiger partial charge in [0, 0.05) is 33.1 Å². The zero-order valence-electron chi connectivity index (χ0n) is 27.5. The smallest absolute Gasteiger partial charge is 0.308 e. The lowest BCUT2D eigenvalue weighted by Crippen LogP contribution is -2.61. The normalized spacial score (nSPS) is 29.5. The summed E-state index contributed by atoms with van der Waals surface area (Å²) in [5.74, 6) is -3.60. The second kappa shape index (κ2) is 16.0. The summed E-state index contributed by atoms with van der Waals surface area (Å²) < 4.78 is 5.65. The lowest BCUT2D eigenvalue weighted by atomic mass is 9.92. The van der Waals surface area contributed by atoms with Gasteiger partial charge < -0.3 is 30.1 Å². The summed E-state index contributed by atoms with van der Waals surface area (Å²) in [5, 5.41) is 5.60. The zero-order chi connectivity index (χ0) is 32.6. The molecule has 2 aliphatic heterocycles. The predicted molar refractivity (Wildman–Crippen MR) is 161 cm³/mol. The molecule has 12 heteroatoms. The highest BCUT2D eigenvalue weighted by atomic mass is 16.5. The number of esters is 1. The van der Waals surface area contributed by atoms with Gasteiger partial charge in [0.2, 0.25) is 23.6 Å². The predicted octanol–water partition coefficient (Wildman–Crippen LogP) is 1.71. The van der Waals surface area contributed by atoms with Crippen LogP contribution in [0.2, 0.25) is 0 Å². The summed E-state index contributed by atoms with van der Waals surface area (Å²) in [4.78, 5) is 85.3. The first-order chi connectivity index (χ1) is 20.2. The molecule has 0 aliphatic carbocycles. The molecule has 2 saturated heterocycles. The van der Waals surface area contributed by atoms with E-state index in [1.54, 1.807) is 14.0 Å². The Hall–Kier alpha value is -3.18. The molecule has 2 heterocycles. The van der Waals surface area contributed by atoms with Crippen molar-refractivity contribution in [3.63, 3.8) is 0 Å². The van der Waals surface area contributed by atoms with Crippen LogP contribution < -0.4 is 10.6 Å². The van der Waals surface area contributed by atoms with Crippen molar-refractivity contribution in [1.29, 1.82) is 0 Å². The Balaban J connectivity index is 2.57. The van der Waals surface area contributed by atoms with Crippen molar-refractivity contribution in [3.8, 4) is 0 Å². The molecule has 2 aliphatic rings. The van der Waals surface area contributed by atoms with E-state index < -0.39 is 65.8 Å². The van der Waals surface area contributed by atoms with Gasteiger partial charge in [-0.05, 0) is 38.0 Å². The van der Waals surface area contributed by atoms with Crippen molar-refractivity contribution in [2.24, 2.45) is 17.8 Å². The van der Waals surface area contributed by atoms with Crippen LogP contribution in [0.25, 0.3) is 0 Å². The number of carbonyl (C=O) groups excluding carboxylic acids is 6. The second-order valence-electron chi connectivity index (χ2n) is 12.3. The van der Waals surface area contributed by atoms with E-state index in [1.165, 1.54) is 21.7 Å². The third-order valence-corrected chi connectivity index (χ3v) is 9.42. The molecule has 0 radical (unpaired) electrons. The summed E-state index contributed by atoms with van der Waals surface area (Å²) in [6, 6.07) is -3.51. The van der Waals surface area contributed by atoms with E-state index >= 15 is 0 Å². The van der Waals surface area contributed by atoms with Crippen molar-refractivity contribution in [1.82, 2.24) is 25.3 Å². The van der Waals surface area contributed by atoms with E-state index in [0.29, 0.717) is 38.6 Å². The Morgan fingerprint density at radius 2 is 1.42 bits per heavy atom. The minimum atomic E-state index is -1.08. The lowest BCUT2D eigenvalue weighted by Gasteiger charge is -2.38. The number of carbonyl (C=O) groups is 6. The Morgan fingerprint density at radius 3 is 2.00 bits per heavy atom. The van der Waals surface area contributed by atoms with Crippen LogP contribution >= 0.6 is 0 Å². The highest BCUT2D eigenvalue weighted by Crippen LogP contribution is 2.25. The molecule has 8 atom stereocenters. The van der Waals surface area contributed by atoms with Gasteiger partial charge in [-0.2, -0.15) is 0 Å². The molecule has 2 N–H and O–H groups in total. The molecule has 0 aromatic rings. The quantitative estimate of drug-likeness (QED) is 0.437. The molecule has 43 heavy (non-hydrogen) atoms. The maximum Gasteiger partial charge on any atom is 0.308 e. The number of hydrogen-bond donors (Lipinski definition) is 2. The first-order valence-electron chi connectivity index (χ1n) is 15.8. The van der Waals surface area contributed by atoms with E-state index in [4.69, 9.17) is 4.74 Å². The van der Waals surface area contributed by atoms with E-state index in [9.17, 15) is 28.8 Å². The number of rotatable bonds is 6. The minimum Gasteiger partial charge on any atom is -0.452 e. The topological polar surface area (TPSA) is 145 Å². The first-order valence-corrected chi connectivity index (χ1v) is 15.8. The number of likely N-dealkylation sites (N-methyl/N-ethyl adjacent to an activating group) is 2. The van der Waals surface area contributed by atoms with Crippen LogP contribution in [-0.4, -0.2) is 108 Å². The monoisotopic (exact) mass is 607 g/mol. The van der Waals surface area contributed by atoms with Gasteiger partial charge >= 0.3 is 5.97 Å². The lowest BCUT2D eigenvalue weighted by molar-refractivity contribution is -0.165. The van der Waals surface area contributed by atoms with Crippen molar-refractivity contribution in [3.05, 3.63) is 0 Å². The molecule has 0 aromatic carbocycles. The molecule has 0 spiro atoms. The van der Waals surface area contributed by atoms with Gasteiger partial charge in [0.15, 0.2) is 6.10 Å². The molecule has 8 unspecified atom stereocenters. The van der Waals surface area contributed by atoms with Crippen LogP contribution in [0.1, 0.15) is 87.0 Å². The summed E-state index contributed by atoms with van der Waals surface area (Å²) in [7, 11) is 3.08. The molecule has 2 rings (SSSR count). The molecule has 0 aromatic heterocycles. The SMILES string of the molecule is CCC(C)C1NC(=O)C2CCCN2C(=O)C(C(C)CC)OC(=O)CCNC(=O)C(C)N(C)C(=O)C(C(C)CC)N(C)C1=O. The fourth-order valence-corrected chi connectivity index (χ4v) is 5.60. The molecular weight excluding hydrogens is 554 g/mol. The summed E-state index contributed by atoms with van der Waals surface area (Å²) >= 11 is 0. The van der Waals surface area contributed by atoms with Gasteiger partial charge in [-0.15, -0.1) is 0 Å². The van der Waals surface area contributed by atoms with Crippen molar-refractivity contribution >= 4 is 35.5 Å². The molecule has 12 nitrogen and oxygen atoms in total. The number of nitrogens with zero attached hydrogens (tertiary/aromatic N) is 3. The van der Waals surface area contributed by atoms with Crippen LogP contribution in [0.15, 0.2) is 0 Å². The van der Waals surface area contributed by atoms with Gasteiger partial charge in [0.25, 0.3) is 5.91 Å². The number of cyclic esters (lactones) is 1. The minimum absolute atomic E-state index is 0.0377. The Kier molecular flexibility index (Phi) is 13.4. The Morgan fingerprint density at radius 1 is 0.814 bits per heavy atom. The van der Waals surface area contributed by atoms with Crippen molar-refractivity contribution < 1.29 is 33.5 Å². The summed E-state index contributed by atoms with van der Waals surface area (Å²) in [6.07, 6.45) is 1.51. The maximum atomic E-state index is 14.1. The van der Waals surface area contributed by atoms with E-state index in [2.05, 4.69) is 10.6 Å². The standard InChI is InChI=1S/C31H53N5O7/c1-10-18(4)24-29(40)35(9)25(19(5)11-2)30(41)34(8)21(7)27(38)32-16-15-23(37)43-26(20(6)12-3)31(42)36-17-13-14-22(36)28(39)33-24/h18-22,24-26H,10-17H2,1-9H3,(H,32,38)(H,33,39). The second-order valence-corrected chi connectivity index (χ2v) is 12.3. The number of amides is 5. The number of ether oxygens (including phenoxy) is 1. The average molecular weight is 608 g/mol. The van der Waals surface area contributed by atoms with Crippen molar-refractivity contribution in [2.75, 3.05) is 27.2 Å². The van der Waals surface area contributed by atoms with Gasteiger partial charge in [-0.25, -0.2) is 0 Å². The van der Waals surface area contributed by atoms with Gasteiger partial charge in [-0.1, -0.05) is 54.4 Å². The van der Waals surface area contributed by atoms with Crippen LogP contribution in [0.4, 0.5) is 0 Å². The molecular formula is C31H53N5O7. The third-order valence-electron chi connectivity index (χ3n) is 9.42. The van der Waals surface area contributed by atoms with Crippen LogP contribution in [0.3, 0.4) is 0 Å². The fraction of sp³-hybridized carbons (Fsp3) is 0.806. The summed E-state index contributed by atoms with van der Waals surface area (Å²) in [6.45, 7) is 13.1. The van der Waals surface area contributed by atoms with E-state index in [-0.39, 0.29) is 30.7 Å². The molecule has 0 saturated carbocycles. The van der Waals surface area contributed by atoms with E-state index in [1.807, 2.05) is 41.5 Å². The number of hydrogen-bond acceptors (Lipinski definition) is 7. The van der Waals surface area contributed by atoms with Crippen molar-refractivity contribution in [2.45, 2.75) is 117 Å².